The summed E-state index contributed by atoms with van der Waals surface area (Å²) in [7, 11) is 0. The Balaban J connectivity index is 1.17. The smallest absolute Gasteiger partial charge is 0.124 e. The minimum Gasteiger partial charge on any atom is -0.371 e. The Bertz CT molecular complexity index is 1710. The van der Waals surface area contributed by atoms with Crippen molar-refractivity contribution in [2.24, 2.45) is 5.41 Å². The average Bonchev–Trinajstić information content (AvgIpc) is 3.09. The topological polar surface area (TPSA) is 26.8 Å². The summed E-state index contributed by atoms with van der Waals surface area (Å²) in [4.78, 5) is 17.3. The normalized spacial score (nSPS) is 17.6. The van der Waals surface area contributed by atoms with Crippen molar-refractivity contribution in [2.45, 2.75) is 66.0 Å². The Hall–Kier alpha value is -3.54. The van der Waals surface area contributed by atoms with Crippen LogP contribution < -0.4 is 9.21 Å². The van der Waals surface area contributed by atoms with E-state index in [1.54, 1.807) is 11.9 Å². The Morgan fingerprint density at radius 2 is 1.50 bits per heavy atom. The van der Waals surface area contributed by atoms with Gasteiger partial charge in [0.15, 0.2) is 0 Å². The van der Waals surface area contributed by atoms with Crippen molar-refractivity contribution in [3.63, 3.8) is 0 Å². The highest BCUT2D eigenvalue weighted by atomic mass is 32.2. The van der Waals surface area contributed by atoms with E-state index in [1.165, 1.54) is 100 Å². The molecule has 0 unspecified atom stereocenters. The summed E-state index contributed by atoms with van der Waals surface area (Å²) in [6, 6.07) is 27.0. The number of anilines is 2. The van der Waals surface area contributed by atoms with Gasteiger partial charge in [0.25, 0.3) is 0 Å². The number of rotatable bonds is 7. The molecule has 0 N–H and O–H groups in total. The SMILES string of the molecule is CSN1Cc2ccc(N3CCC4(CCN(Cc5ccccc5)CC4)CC3)cc2-c2c(C)c(-c3ccc(C)cc3)c(CC=O)c(C)c21. The molecule has 3 heterocycles. The van der Waals surface area contributed by atoms with Gasteiger partial charge in [0.05, 0.1) is 12.2 Å². The van der Waals surface area contributed by atoms with Crippen LogP contribution in [0.5, 0.6) is 0 Å². The number of carbonyl (C=O) groups excluding carboxylic acids is 1. The number of carbonyl (C=O) groups is 1. The molecule has 5 heteroatoms. The Kier molecular flexibility index (Phi) is 8.73. The largest absolute Gasteiger partial charge is 0.371 e. The molecule has 0 aromatic heterocycles. The van der Waals surface area contributed by atoms with E-state index in [2.05, 4.69) is 114 Å². The van der Waals surface area contributed by atoms with Gasteiger partial charge in [0.1, 0.15) is 6.29 Å². The molecular weight excluding hydrogens is 583 g/mol. The fourth-order valence-corrected chi connectivity index (χ4v) is 9.10. The van der Waals surface area contributed by atoms with Crippen LogP contribution in [-0.4, -0.2) is 43.6 Å². The van der Waals surface area contributed by atoms with Crippen molar-refractivity contribution < 1.29 is 4.79 Å². The Morgan fingerprint density at radius 3 is 2.17 bits per heavy atom. The second kappa shape index (κ2) is 12.9. The second-order valence-corrected chi connectivity index (χ2v) is 14.7. The molecule has 0 bridgehead atoms. The molecule has 0 radical (unpaired) electrons. The van der Waals surface area contributed by atoms with Crippen LogP contribution in [0.4, 0.5) is 11.4 Å². The van der Waals surface area contributed by atoms with Crippen molar-refractivity contribution in [3.8, 4) is 22.3 Å². The molecule has 4 nitrogen and oxygen atoms in total. The van der Waals surface area contributed by atoms with Gasteiger partial charge >= 0.3 is 0 Å². The monoisotopic (exact) mass is 629 g/mol. The highest BCUT2D eigenvalue weighted by Crippen LogP contribution is 2.51. The molecule has 7 rings (SSSR count). The standard InChI is InChI=1S/C41H47N3OS/c1-29-10-12-33(13-11-29)38-31(3)39-37-26-35(15-14-34(37)28-44(46-4)40(39)30(2)36(38)16-25-45)43-23-19-41(20-24-43)17-21-42(22-18-41)27-32-8-6-5-7-9-32/h5-15,25-26H,16-24,27-28H2,1-4H3. The molecule has 0 amide bonds. The maximum Gasteiger partial charge on any atom is 0.124 e. The van der Waals surface area contributed by atoms with Crippen molar-refractivity contribution in [1.82, 2.24) is 4.90 Å². The van der Waals surface area contributed by atoms with Gasteiger partial charge < -0.3 is 14.0 Å². The van der Waals surface area contributed by atoms with Crippen molar-refractivity contribution in [2.75, 3.05) is 41.6 Å². The number of hydrogen-bond acceptors (Lipinski definition) is 5. The minimum atomic E-state index is 0.428. The van der Waals surface area contributed by atoms with Gasteiger partial charge in [-0.05, 0) is 122 Å². The molecule has 3 aliphatic rings. The lowest BCUT2D eigenvalue weighted by atomic mass is 9.71. The van der Waals surface area contributed by atoms with Crippen molar-refractivity contribution >= 4 is 29.6 Å². The third kappa shape index (κ3) is 5.77. The predicted octanol–water partition coefficient (Wildman–Crippen LogP) is 9.17. The third-order valence-electron chi connectivity index (χ3n) is 11.2. The number of likely N-dealkylation sites (tertiary alicyclic amines) is 1. The summed E-state index contributed by atoms with van der Waals surface area (Å²) in [5, 5.41) is 0. The molecule has 0 saturated carbocycles. The van der Waals surface area contributed by atoms with Crippen molar-refractivity contribution in [3.05, 3.63) is 106 Å². The van der Waals surface area contributed by atoms with Gasteiger partial charge in [-0.2, -0.15) is 0 Å². The number of benzene rings is 4. The van der Waals surface area contributed by atoms with E-state index in [0.29, 0.717) is 11.8 Å². The van der Waals surface area contributed by atoms with Crippen LogP contribution in [0.2, 0.25) is 0 Å². The third-order valence-corrected chi connectivity index (χ3v) is 12.0. The van der Waals surface area contributed by atoms with Crippen LogP contribution in [-0.2, 0) is 24.3 Å². The number of aryl methyl sites for hydroxylation is 1. The zero-order chi connectivity index (χ0) is 31.8. The zero-order valence-corrected chi connectivity index (χ0v) is 28.8. The Morgan fingerprint density at radius 1 is 0.804 bits per heavy atom. The zero-order valence-electron chi connectivity index (χ0n) is 27.9. The number of piperidine rings is 2. The van der Waals surface area contributed by atoms with E-state index in [-0.39, 0.29) is 0 Å². The molecule has 4 aromatic carbocycles. The summed E-state index contributed by atoms with van der Waals surface area (Å²) in [6.45, 7) is 13.3. The summed E-state index contributed by atoms with van der Waals surface area (Å²) in [5.41, 5.74) is 16.0. The van der Waals surface area contributed by atoms with Crippen LogP contribution >= 0.6 is 11.9 Å². The first-order valence-electron chi connectivity index (χ1n) is 17.0. The molecular formula is C41H47N3OS. The quantitative estimate of drug-likeness (QED) is 0.150. The maximum absolute atomic E-state index is 12.0. The second-order valence-electron chi connectivity index (χ2n) is 13.9. The molecule has 0 atom stereocenters. The fourth-order valence-electron chi connectivity index (χ4n) is 8.43. The Labute approximate surface area is 279 Å². The number of fused-ring (bicyclic) bond motifs is 3. The van der Waals surface area contributed by atoms with E-state index >= 15 is 0 Å². The van der Waals surface area contributed by atoms with Crippen LogP contribution in [0.15, 0.2) is 72.8 Å². The molecule has 1 spiro atoms. The van der Waals surface area contributed by atoms with Gasteiger partial charge in [-0.15, -0.1) is 0 Å². The fraction of sp³-hybridized carbons (Fsp3) is 0.390. The first kappa shape index (κ1) is 31.1. The van der Waals surface area contributed by atoms with Crippen LogP contribution in [0.1, 0.15) is 59.1 Å². The number of nitrogens with zero attached hydrogens (tertiary/aromatic N) is 3. The van der Waals surface area contributed by atoms with Crippen LogP contribution in [0.3, 0.4) is 0 Å². The molecule has 238 valence electrons. The first-order chi connectivity index (χ1) is 22.4. The van der Waals surface area contributed by atoms with E-state index in [1.807, 2.05) is 0 Å². The molecule has 4 aromatic rings. The minimum absolute atomic E-state index is 0.428. The summed E-state index contributed by atoms with van der Waals surface area (Å²) >= 11 is 1.78. The van der Waals surface area contributed by atoms with E-state index < -0.39 is 0 Å². The van der Waals surface area contributed by atoms with Crippen LogP contribution in [0.25, 0.3) is 22.3 Å². The maximum atomic E-state index is 12.0. The molecule has 2 saturated heterocycles. The summed E-state index contributed by atoms with van der Waals surface area (Å²) < 4.78 is 2.43. The summed E-state index contributed by atoms with van der Waals surface area (Å²) in [6.07, 6.45) is 8.87. The van der Waals surface area contributed by atoms with Gasteiger partial charge in [-0.3, -0.25) is 4.90 Å². The van der Waals surface area contributed by atoms with Gasteiger partial charge in [0.2, 0.25) is 0 Å². The first-order valence-corrected chi connectivity index (χ1v) is 18.2. The van der Waals surface area contributed by atoms with Crippen molar-refractivity contribution in [1.29, 1.82) is 0 Å². The van der Waals surface area contributed by atoms with Gasteiger partial charge in [-0.25, -0.2) is 0 Å². The van der Waals surface area contributed by atoms with E-state index in [9.17, 15) is 4.79 Å². The lowest BCUT2D eigenvalue weighted by molar-refractivity contribution is -0.107. The van der Waals surface area contributed by atoms with Gasteiger partial charge in [0, 0.05) is 43.6 Å². The van der Waals surface area contributed by atoms with E-state index in [0.717, 1.165) is 38.0 Å². The highest BCUT2D eigenvalue weighted by molar-refractivity contribution is 7.99. The molecule has 2 fully saturated rings. The average molecular weight is 630 g/mol. The number of hydrogen-bond donors (Lipinski definition) is 0. The lowest BCUT2D eigenvalue weighted by Crippen LogP contribution is -2.46. The predicted molar refractivity (Wildman–Crippen MR) is 196 cm³/mol. The van der Waals surface area contributed by atoms with E-state index in [4.69, 9.17) is 0 Å². The molecule has 3 aliphatic heterocycles. The lowest BCUT2D eigenvalue weighted by Gasteiger charge is -2.47. The summed E-state index contributed by atoms with van der Waals surface area (Å²) in [5.74, 6) is 0. The highest BCUT2D eigenvalue weighted by Gasteiger charge is 2.38. The molecule has 46 heavy (non-hydrogen) atoms. The van der Waals surface area contributed by atoms with Gasteiger partial charge in [-0.1, -0.05) is 78.2 Å². The van der Waals surface area contributed by atoms with Crippen LogP contribution in [0, 0.1) is 26.2 Å². The molecule has 0 aliphatic carbocycles. The number of aldehydes is 1.